The summed E-state index contributed by atoms with van der Waals surface area (Å²) in [7, 11) is 1.28. The van der Waals surface area contributed by atoms with Crippen LogP contribution in [0.4, 0.5) is 0 Å². The largest absolute Gasteiger partial charge is 0.507 e. The number of methoxy groups -OCH3 is 1. The first-order chi connectivity index (χ1) is 10.8. The first kappa shape index (κ1) is 20.2. The standard InChI is InChI=1S/C20H30O4/c1-12(18(23)24-8)16(21)11-13-9-14(19(2,3)4)17(22)15(10-13)20(5,6)7/h9-10,12,22H,11H2,1-8H3. The molecule has 4 heteroatoms. The van der Waals surface area contributed by atoms with Gasteiger partial charge in [-0.15, -0.1) is 0 Å². The number of Topliss-reactive ketones (excluding diaryl/α,β-unsaturated/α-hetero) is 1. The summed E-state index contributed by atoms with van der Waals surface area (Å²) >= 11 is 0. The Morgan fingerprint density at radius 1 is 1.04 bits per heavy atom. The van der Waals surface area contributed by atoms with Crippen molar-refractivity contribution in [3.8, 4) is 5.75 Å². The van der Waals surface area contributed by atoms with Crippen molar-refractivity contribution in [3.05, 3.63) is 28.8 Å². The van der Waals surface area contributed by atoms with Gasteiger partial charge in [0.05, 0.1) is 7.11 Å². The highest BCUT2D eigenvalue weighted by Crippen LogP contribution is 2.39. The lowest BCUT2D eigenvalue weighted by Gasteiger charge is -2.28. The summed E-state index contributed by atoms with van der Waals surface area (Å²) in [6.45, 7) is 13.7. The molecule has 1 N–H and O–H groups in total. The number of hydrogen-bond acceptors (Lipinski definition) is 4. The molecule has 1 unspecified atom stereocenters. The molecule has 1 aromatic rings. The number of benzene rings is 1. The van der Waals surface area contributed by atoms with Crippen LogP contribution in [-0.2, 0) is 31.6 Å². The third kappa shape index (κ3) is 4.59. The first-order valence-electron chi connectivity index (χ1n) is 8.26. The lowest BCUT2D eigenvalue weighted by atomic mass is 9.78. The number of carbonyl (C=O) groups excluding carboxylic acids is 2. The Morgan fingerprint density at radius 2 is 1.46 bits per heavy atom. The molecule has 0 saturated heterocycles. The summed E-state index contributed by atoms with van der Waals surface area (Å²) in [6.07, 6.45) is 0.142. The van der Waals surface area contributed by atoms with Gasteiger partial charge in [-0.05, 0) is 34.4 Å². The molecule has 0 aliphatic rings. The Bertz CT molecular complexity index is 595. The van der Waals surface area contributed by atoms with Gasteiger partial charge in [0, 0.05) is 6.42 Å². The zero-order valence-corrected chi connectivity index (χ0v) is 16.1. The maximum absolute atomic E-state index is 12.4. The predicted molar refractivity (Wildman–Crippen MR) is 95.4 cm³/mol. The number of phenolic OH excluding ortho intramolecular Hbond substituents is 1. The summed E-state index contributed by atoms with van der Waals surface area (Å²) in [5.41, 5.74) is 1.92. The van der Waals surface area contributed by atoms with Crippen LogP contribution in [0.5, 0.6) is 5.75 Å². The number of ether oxygens (including phenoxy) is 1. The zero-order chi connectivity index (χ0) is 18.9. The van der Waals surface area contributed by atoms with Gasteiger partial charge in [-0.2, -0.15) is 0 Å². The van der Waals surface area contributed by atoms with Crippen molar-refractivity contribution in [3.63, 3.8) is 0 Å². The van der Waals surface area contributed by atoms with Crippen LogP contribution in [0.15, 0.2) is 12.1 Å². The number of phenols is 1. The second kappa shape index (κ2) is 6.96. The van der Waals surface area contributed by atoms with E-state index in [9.17, 15) is 14.7 Å². The van der Waals surface area contributed by atoms with Crippen LogP contribution in [0, 0.1) is 5.92 Å². The fourth-order valence-electron chi connectivity index (χ4n) is 2.60. The van der Waals surface area contributed by atoms with Gasteiger partial charge >= 0.3 is 5.97 Å². The Balaban J connectivity index is 3.35. The summed E-state index contributed by atoms with van der Waals surface area (Å²) in [5.74, 6) is -1.22. The van der Waals surface area contributed by atoms with Crippen molar-refractivity contribution in [2.45, 2.75) is 65.7 Å². The van der Waals surface area contributed by atoms with E-state index in [-0.39, 0.29) is 28.8 Å². The van der Waals surface area contributed by atoms with E-state index in [1.54, 1.807) is 6.92 Å². The topological polar surface area (TPSA) is 63.6 Å². The highest BCUT2D eigenvalue weighted by Gasteiger charge is 2.28. The molecule has 0 aliphatic carbocycles. The molecular formula is C20H30O4. The maximum Gasteiger partial charge on any atom is 0.315 e. The van der Waals surface area contributed by atoms with Gasteiger partial charge in [0.2, 0.25) is 0 Å². The van der Waals surface area contributed by atoms with Crippen LogP contribution in [0.2, 0.25) is 0 Å². The van der Waals surface area contributed by atoms with Crippen LogP contribution in [-0.4, -0.2) is 24.0 Å². The predicted octanol–water partition coefficient (Wildman–Crippen LogP) is 3.91. The van der Waals surface area contributed by atoms with Crippen molar-refractivity contribution >= 4 is 11.8 Å². The molecule has 0 radical (unpaired) electrons. The van der Waals surface area contributed by atoms with Crippen molar-refractivity contribution in [1.82, 2.24) is 0 Å². The Labute approximate surface area is 145 Å². The number of rotatable bonds is 4. The molecule has 24 heavy (non-hydrogen) atoms. The van der Waals surface area contributed by atoms with E-state index in [0.717, 1.165) is 16.7 Å². The molecule has 0 bridgehead atoms. The van der Waals surface area contributed by atoms with Gasteiger partial charge in [-0.1, -0.05) is 53.7 Å². The average Bonchev–Trinajstić information content (AvgIpc) is 2.44. The van der Waals surface area contributed by atoms with Gasteiger partial charge in [0.15, 0.2) is 5.78 Å². The Hall–Kier alpha value is -1.84. The van der Waals surface area contributed by atoms with Crippen LogP contribution < -0.4 is 0 Å². The smallest absolute Gasteiger partial charge is 0.315 e. The fourth-order valence-corrected chi connectivity index (χ4v) is 2.60. The zero-order valence-electron chi connectivity index (χ0n) is 16.1. The van der Waals surface area contributed by atoms with E-state index in [0.29, 0.717) is 0 Å². The van der Waals surface area contributed by atoms with E-state index < -0.39 is 11.9 Å². The molecule has 0 fully saturated rings. The minimum atomic E-state index is -0.792. The number of esters is 1. The molecule has 1 rings (SSSR count). The minimum absolute atomic E-state index is 0.142. The summed E-state index contributed by atoms with van der Waals surface area (Å²) < 4.78 is 4.65. The molecule has 4 nitrogen and oxygen atoms in total. The lowest BCUT2D eigenvalue weighted by Crippen LogP contribution is -2.24. The van der Waals surface area contributed by atoms with Gasteiger partial charge < -0.3 is 9.84 Å². The molecule has 0 aromatic heterocycles. The van der Waals surface area contributed by atoms with Crippen molar-refractivity contribution in [2.24, 2.45) is 5.92 Å². The van der Waals surface area contributed by atoms with Crippen LogP contribution in [0.1, 0.15) is 65.2 Å². The van der Waals surface area contributed by atoms with Gasteiger partial charge in [-0.3, -0.25) is 9.59 Å². The number of ketones is 1. The molecule has 1 atom stereocenters. The Morgan fingerprint density at radius 3 is 1.79 bits per heavy atom. The van der Waals surface area contributed by atoms with E-state index in [4.69, 9.17) is 0 Å². The highest BCUT2D eigenvalue weighted by atomic mass is 16.5. The maximum atomic E-state index is 12.4. The van der Waals surface area contributed by atoms with E-state index in [1.807, 2.05) is 53.7 Å². The van der Waals surface area contributed by atoms with E-state index in [2.05, 4.69) is 4.74 Å². The summed E-state index contributed by atoms with van der Waals surface area (Å²) in [4.78, 5) is 23.9. The minimum Gasteiger partial charge on any atom is -0.507 e. The second-order valence-electron chi connectivity index (χ2n) is 8.43. The SMILES string of the molecule is COC(=O)C(C)C(=O)Cc1cc(C(C)(C)C)c(O)c(C(C)(C)C)c1. The average molecular weight is 334 g/mol. The fraction of sp³-hybridized carbons (Fsp3) is 0.600. The first-order valence-corrected chi connectivity index (χ1v) is 8.26. The molecular weight excluding hydrogens is 304 g/mol. The molecule has 0 aliphatic heterocycles. The third-order valence-corrected chi connectivity index (χ3v) is 4.20. The Kier molecular flexibility index (Phi) is 5.86. The van der Waals surface area contributed by atoms with Crippen LogP contribution in [0.25, 0.3) is 0 Å². The van der Waals surface area contributed by atoms with E-state index in [1.165, 1.54) is 7.11 Å². The number of aromatic hydroxyl groups is 1. The molecule has 0 saturated carbocycles. The van der Waals surface area contributed by atoms with Crippen LogP contribution in [0.3, 0.4) is 0 Å². The molecule has 1 aromatic carbocycles. The molecule has 0 heterocycles. The molecule has 134 valence electrons. The lowest BCUT2D eigenvalue weighted by molar-refractivity contribution is -0.148. The summed E-state index contributed by atoms with van der Waals surface area (Å²) in [6, 6.07) is 3.74. The van der Waals surface area contributed by atoms with Crippen LogP contribution >= 0.6 is 0 Å². The summed E-state index contributed by atoms with van der Waals surface area (Å²) in [5, 5.41) is 10.7. The highest BCUT2D eigenvalue weighted by molar-refractivity contribution is 5.99. The second-order valence-corrected chi connectivity index (χ2v) is 8.43. The quantitative estimate of drug-likeness (QED) is 0.670. The molecule has 0 amide bonds. The van der Waals surface area contributed by atoms with Gasteiger partial charge in [0.1, 0.15) is 11.7 Å². The van der Waals surface area contributed by atoms with E-state index >= 15 is 0 Å². The monoisotopic (exact) mass is 334 g/mol. The van der Waals surface area contributed by atoms with Crippen molar-refractivity contribution in [2.75, 3.05) is 7.11 Å². The van der Waals surface area contributed by atoms with Gasteiger partial charge in [0.25, 0.3) is 0 Å². The number of hydrogen-bond donors (Lipinski definition) is 1. The molecule has 0 spiro atoms. The third-order valence-electron chi connectivity index (χ3n) is 4.20. The normalized spacial score (nSPS) is 13.5. The van der Waals surface area contributed by atoms with Crippen molar-refractivity contribution in [1.29, 1.82) is 0 Å². The van der Waals surface area contributed by atoms with Crippen molar-refractivity contribution < 1.29 is 19.4 Å². The number of carbonyl (C=O) groups is 2. The van der Waals surface area contributed by atoms with Gasteiger partial charge in [-0.25, -0.2) is 0 Å².